The quantitative estimate of drug-likeness (QED) is 0.720. The normalized spacial score (nSPS) is 14.6. The maximum absolute atomic E-state index is 12.5. The van der Waals surface area contributed by atoms with Crippen molar-refractivity contribution in [3.05, 3.63) is 23.8 Å². The number of nitrogens with one attached hydrogen (secondary N) is 1. The number of rotatable bonds is 1. The first-order chi connectivity index (χ1) is 7.41. The van der Waals surface area contributed by atoms with E-state index in [-0.39, 0.29) is 21.8 Å². The molecule has 3 N–H and O–H groups in total. The van der Waals surface area contributed by atoms with Gasteiger partial charge < -0.3 is 11.1 Å². The van der Waals surface area contributed by atoms with E-state index in [2.05, 4.69) is 5.32 Å². The van der Waals surface area contributed by atoms with Crippen LogP contribution in [0, 0.1) is 0 Å². The lowest BCUT2D eigenvalue weighted by Crippen LogP contribution is -2.37. The minimum Gasteiger partial charge on any atom is -0.366 e. The lowest BCUT2D eigenvalue weighted by Gasteiger charge is -2.20. The van der Waals surface area contributed by atoms with Gasteiger partial charge in [-0.1, -0.05) is 6.07 Å². The van der Waals surface area contributed by atoms with E-state index in [0.717, 1.165) is 0 Å². The summed E-state index contributed by atoms with van der Waals surface area (Å²) in [5.41, 5.74) is 5.17. The maximum atomic E-state index is 12.5. The molecular weight excluding hydrogens is 223 g/mol. The van der Waals surface area contributed by atoms with Gasteiger partial charge in [0.1, 0.15) is 0 Å². The Kier molecular flexibility index (Phi) is 2.18. The highest BCUT2D eigenvalue weighted by Crippen LogP contribution is 2.39. The molecule has 1 aliphatic rings. The number of hydrogen-bond acceptors (Lipinski definition) is 3. The van der Waals surface area contributed by atoms with Gasteiger partial charge in [0.2, 0.25) is 0 Å². The minimum atomic E-state index is -4.48. The van der Waals surface area contributed by atoms with Crippen LogP contribution in [-0.4, -0.2) is 18.9 Å². The van der Waals surface area contributed by atoms with Crippen LogP contribution in [0.15, 0.2) is 18.2 Å². The summed E-state index contributed by atoms with van der Waals surface area (Å²) in [4.78, 5) is 11.2. The first-order valence-electron chi connectivity index (χ1n) is 4.42. The van der Waals surface area contributed by atoms with Crippen LogP contribution in [0.3, 0.4) is 0 Å². The number of primary amides is 1. The molecule has 2 rings (SSSR count). The van der Waals surface area contributed by atoms with E-state index in [1.54, 1.807) is 0 Å². The summed E-state index contributed by atoms with van der Waals surface area (Å²) >= 11 is 0. The molecule has 0 atom stereocenters. The van der Waals surface area contributed by atoms with Crippen molar-refractivity contribution in [1.29, 1.82) is 0 Å². The number of hydrogen-bond donors (Lipinski definition) is 2. The molecule has 16 heavy (non-hydrogen) atoms. The topological polar surface area (TPSA) is 58.4 Å². The lowest BCUT2D eigenvalue weighted by atomic mass is 10.1. The molecule has 1 amide bonds. The van der Waals surface area contributed by atoms with Crippen LogP contribution in [-0.2, 0) is 0 Å². The summed E-state index contributed by atoms with van der Waals surface area (Å²) in [6.45, 7) is -0.414. The third-order valence-corrected chi connectivity index (χ3v) is 2.32. The molecule has 1 aromatic rings. The Hall–Kier alpha value is -1.92. The standard InChI is InChI=1S/C9H8F3N3O/c10-9(11,12)15-4-14-7-5(8(13)16)2-1-3-6(7)15/h1-3,14H,4H2,(H2,13,16). The highest BCUT2D eigenvalue weighted by Gasteiger charge is 2.41. The molecule has 0 radical (unpaired) electrons. The summed E-state index contributed by atoms with van der Waals surface area (Å²) in [6, 6.07) is 4.04. The number of benzene rings is 1. The molecule has 0 saturated carbocycles. The first kappa shape index (κ1) is 10.6. The van der Waals surface area contributed by atoms with E-state index in [4.69, 9.17) is 5.73 Å². The molecule has 0 unspecified atom stereocenters. The van der Waals surface area contributed by atoms with Crippen LogP contribution in [0.25, 0.3) is 0 Å². The average molecular weight is 231 g/mol. The fraction of sp³-hybridized carbons (Fsp3) is 0.222. The molecule has 0 aromatic heterocycles. The molecule has 86 valence electrons. The number of nitrogens with zero attached hydrogens (tertiary/aromatic N) is 1. The van der Waals surface area contributed by atoms with E-state index in [0.29, 0.717) is 0 Å². The van der Waals surface area contributed by atoms with Gasteiger partial charge in [0, 0.05) is 0 Å². The largest absolute Gasteiger partial charge is 0.486 e. The van der Waals surface area contributed by atoms with Gasteiger partial charge in [-0.25, -0.2) is 0 Å². The van der Waals surface area contributed by atoms with Crippen LogP contribution in [0.1, 0.15) is 10.4 Å². The molecule has 0 aliphatic carbocycles. The van der Waals surface area contributed by atoms with E-state index in [1.807, 2.05) is 0 Å². The van der Waals surface area contributed by atoms with Gasteiger partial charge in [-0.05, 0) is 12.1 Å². The minimum absolute atomic E-state index is 0.0595. The molecule has 0 saturated heterocycles. The van der Waals surface area contributed by atoms with Crippen molar-refractivity contribution in [2.24, 2.45) is 5.73 Å². The fourth-order valence-electron chi connectivity index (χ4n) is 1.63. The van der Waals surface area contributed by atoms with Crippen LogP contribution >= 0.6 is 0 Å². The number of fused-ring (bicyclic) bond motifs is 1. The number of carbonyl (C=O) groups excluding carboxylic acids is 1. The number of anilines is 2. The predicted octanol–water partition coefficient (Wildman–Crippen LogP) is 1.49. The zero-order valence-electron chi connectivity index (χ0n) is 8.01. The highest BCUT2D eigenvalue weighted by molar-refractivity contribution is 6.02. The second-order valence-corrected chi connectivity index (χ2v) is 3.29. The van der Waals surface area contributed by atoms with Crippen LogP contribution < -0.4 is 16.0 Å². The second kappa shape index (κ2) is 3.29. The Morgan fingerprint density at radius 2 is 2.12 bits per heavy atom. The van der Waals surface area contributed by atoms with Gasteiger partial charge in [0.15, 0.2) is 0 Å². The van der Waals surface area contributed by atoms with Crippen LogP contribution in [0.2, 0.25) is 0 Å². The Balaban J connectivity index is 2.50. The second-order valence-electron chi connectivity index (χ2n) is 3.29. The number of nitrogens with two attached hydrogens (primary N) is 1. The zero-order chi connectivity index (χ0) is 11.9. The van der Waals surface area contributed by atoms with Gasteiger partial charge >= 0.3 is 6.30 Å². The SMILES string of the molecule is NC(=O)c1cccc2c1NCN2C(F)(F)F. The highest BCUT2D eigenvalue weighted by atomic mass is 19.4. The van der Waals surface area contributed by atoms with Gasteiger partial charge in [0.05, 0.1) is 23.6 Å². The number of halogens is 3. The third-order valence-electron chi connectivity index (χ3n) is 2.32. The van der Waals surface area contributed by atoms with Crippen molar-refractivity contribution >= 4 is 17.3 Å². The van der Waals surface area contributed by atoms with E-state index in [9.17, 15) is 18.0 Å². The molecule has 1 aromatic carbocycles. The van der Waals surface area contributed by atoms with E-state index >= 15 is 0 Å². The Bertz CT molecular complexity index is 444. The summed E-state index contributed by atoms with van der Waals surface area (Å²) in [7, 11) is 0. The Morgan fingerprint density at radius 1 is 1.44 bits per heavy atom. The van der Waals surface area contributed by atoms with E-state index < -0.39 is 18.9 Å². The smallest absolute Gasteiger partial charge is 0.366 e. The first-order valence-corrected chi connectivity index (χ1v) is 4.42. The van der Waals surface area contributed by atoms with Crippen molar-refractivity contribution < 1.29 is 18.0 Å². The summed E-state index contributed by atoms with van der Waals surface area (Å²) < 4.78 is 37.6. The molecule has 0 fully saturated rings. The van der Waals surface area contributed by atoms with Crippen molar-refractivity contribution in [2.45, 2.75) is 6.30 Å². The summed E-state index contributed by atoms with van der Waals surface area (Å²) in [5, 5.41) is 2.51. The Labute approximate surface area is 88.8 Å². The predicted molar refractivity (Wildman–Crippen MR) is 52.0 cm³/mol. The average Bonchev–Trinajstić information content (AvgIpc) is 2.59. The van der Waals surface area contributed by atoms with Crippen molar-refractivity contribution in [1.82, 2.24) is 0 Å². The molecular formula is C9H8F3N3O. The van der Waals surface area contributed by atoms with E-state index in [1.165, 1.54) is 18.2 Å². The van der Waals surface area contributed by atoms with Gasteiger partial charge in [-0.3, -0.25) is 9.69 Å². The number of alkyl halides is 3. The lowest BCUT2D eigenvalue weighted by molar-refractivity contribution is -0.127. The molecule has 4 nitrogen and oxygen atoms in total. The molecule has 0 spiro atoms. The molecule has 0 bridgehead atoms. The number of para-hydroxylation sites is 1. The summed E-state index contributed by atoms with van der Waals surface area (Å²) in [5.74, 6) is -0.756. The third kappa shape index (κ3) is 1.54. The Morgan fingerprint density at radius 3 is 2.69 bits per heavy atom. The fourth-order valence-corrected chi connectivity index (χ4v) is 1.63. The maximum Gasteiger partial charge on any atom is 0.486 e. The molecule has 1 heterocycles. The number of amides is 1. The summed E-state index contributed by atoms with van der Waals surface area (Å²) in [6.07, 6.45) is -4.48. The zero-order valence-corrected chi connectivity index (χ0v) is 8.01. The van der Waals surface area contributed by atoms with Crippen LogP contribution in [0.4, 0.5) is 24.5 Å². The molecule has 1 aliphatic heterocycles. The van der Waals surface area contributed by atoms with Crippen molar-refractivity contribution in [3.63, 3.8) is 0 Å². The monoisotopic (exact) mass is 231 g/mol. The van der Waals surface area contributed by atoms with Gasteiger partial charge in [0.25, 0.3) is 5.91 Å². The van der Waals surface area contributed by atoms with Gasteiger partial charge in [-0.15, -0.1) is 0 Å². The number of carbonyl (C=O) groups is 1. The molecule has 7 heteroatoms. The van der Waals surface area contributed by atoms with Crippen LogP contribution in [0.5, 0.6) is 0 Å². The van der Waals surface area contributed by atoms with Crippen molar-refractivity contribution in [2.75, 3.05) is 16.9 Å². The van der Waals surface area contributed by atoms with Crippen molar-refractivity contribution in [3.8, 4) is 0 Å². The van der Waals surface area contributed by atoms with Gasteiger partial charge in [-0.2, -0.15) is 13.2 Å².